The van der Waals surface area contributed by atoms with Crippen LogP contribution in [-0.2, 0) is 119 Å². The molecule has 2 atom stereocenters. The number of para-hydroxylation sites is 1. The van der Waals surface area contributed by atoms with Crippen molar-refractivity contribution in [1.29, 1.82) is 0 Å². The third kappa shape index (κ3) is 139. The molecule has 0 heterocycles. The van der Waals surface area contributed by atoms with Crippen LogP contribution < -0.4 is 90.6 Å². The van der Waals surface area contributed by atoms with Crippen molar-refractivity contribution < 1.29 is 215 Å². The molecule has 3 aromatic rings. The first-order valence-electron chi connectivity index (χ1n) is 45.1. The summed E-state index contributed by atoms with van der Waals surface area (Å²) in [6.45, 7) is 65.0. The second-order valence-corrected chi connectivity index (χ2v) is 60.6. The molecule has 884 valence electrons. The molecule has 0 aliphatic heterocycles. The Kier molecular flexibility index (Phi) is 112. The number of nitrogens with zero attached hydrogens (tertiary/aromatic N) is 1. The van der Waals surface area contributed by atoms with Crippen molar-refractivity contribution in [1.82, 2.24) is 15.4 Å². The minimum Gasteiger partial charge on any atom is -1.00 e. The Morgan fingerprint density at radius 2 is 0.792 bits per heavy atom. The largest absolute Gasteiger partial charge is 1.00 e. The molecule has 1 fully saturated rings. The summed E-state index contributed by atoms with van der Waals surface area (Å²) in [5.74, 6) is -0.194. The van der Waals surface area contributed by atoms with E-state index in [1.807, 2.05) is 115 Å². The van der Waals surface area contributed by atoms with Gasteiger partial charge >= 0.3 is 128 Å². The van der Waals surface area contributed by atoms with Crippen LogP contribution in [0.3, 0.4) is 0 Å². The number of halogens is 1. The molecular weight excluding hydrogens is 2190 g/mol. The third-order valence-corrected chi connectivity index (χ3v) is 31.7. The quantitative estimate of drug-likeness (QED) is 0.00482. The number of ether oxygens (including phenoxy) is 3. The van der Waals surface area contributed by atoms with E-state index < -0.39 is 126 Å². The molecule has 3 aromatic carbocycles. The number of nitrogens with two attached hydrogens (primary N) is 4. The molecule has 1 aliphatic rings. The molecule has 0 aromatic heterocycles. The van der Waals surface area contributed by atoms with Gasteiger partial charge in [-0.3, -0.25) is 41.8 Å². The summed E-state index contributed by atoms with van der Waals surface area (Å²) >= 11 is 4.63. The van der Waals surface area contributed by atoms with Gasteiger partial charge in [-0.15, -0.1) is 21.5 Å². The Balaban J connectivity index is -0.0000000871. The fraction of sp³-hybridized carbons (Fsp3) is 0.750. The average Bonchev–Trinajstić information content (AvgIpc) is 1.19. The van der Waals surface area contributed by atoms with Crippen LogP contribution in [0.2, 0.25) is 0 Å². The number of esters is 1. The topological polar surface area (TPSA) is 695 Å². The molecule has 149 heavy (non-hydrogen) atoms. The molecule has 43 nitrogen and oxygen atoms in total. The molecule has 23 N–H and O–H groups in total. The van der Waals surface area contributed by atoms with Gasteiger partial charge in [0.2, 0.25) is 0 Å². The van der Waals surface area contributed by atoms with Gasteiger partial charge in [0.05, 0.1) is 64.4 Å². The van der Waals surface area contributed by atoms with Crippen molar-refractivity contribution in [3.8, 4) is 5.75 Å². The summed E-state index contributed by atoms with van der Waals surface area (Å²) in [7, 11) is -10.5. The number of hydrogen-bond acceptors (Lipinski definition) is 37. The minimum absolute atomic E-state index is 0. The van der Waals surface area contributed by atoms with Crippen LogP contribution in [0.15, 0.2) is 95.4 Å². The molecule has 57 heteroatoms. The van der Waals surface area contributed by atoms with Gasteiger partial charge in [-0.2, -0.15) is 6.42 Å². The fourth-order valence-corrected chi connectivity index (χ4v) is 18.4. The Labute approximate surface area is 951 Å². The monoisotopic (exact) mass is 2390 g/mol. The molecular formula is C92H200ClLiN8NaO35P8S3+. The van der Waals surface area contributed by atoms with E-state index in [1.165, 1.54) is 144 Å². The predicted molar refractivity (Wildman–Crippen MR) is 611 cm³/mol. The van der Waals surface area contributed by atoms with E-state index in [0.717, 1.165) is 35.8 Å². The van der Waals surface area contributed by atoms with Crippen LogP contribution >= 0.6 is 110 Å². The Bertz CT molecular complexity index is 4030. The maximum Gasteiger partial charge on any atom is 1.00 e. The zero-order valence-corrected chi connectivity index (χ0v) is 111. The summed E-state index contributed by atoms with van der Waals surface area (Å²) < 4.78 is 170. The fourth-order valence-electron chi connectivity index (χ4n) is 8.08. The van der Waals surface area contributed by atoms with E-state index in [9.17, 15) is 50.9 Å². The van der Waals surface area contributed by atoms with Crippen LogP contribution in [0.5, 0.6) is 5.75 Å². The summed E-state index contributed by atoms with van der Waals surface area (Å²) in [5, 5.41) is 25.4. The molecule has 0 radical (unpaired) electrons. The number of aliphatic hydroxyl groups excluding tert-OH is 2. The number of amides is 2. The maximum absolute atomic E-state index is 13.0. The van der Waals surface area contributed by atoms with Crippen LogP contribution in [-0.4, -0.2) is 259 Å². The Morgan fingerprint density at radius 1 is 0.503 bits per heavy atom. The zero-order chi connectivity index (χ0) is 115. The first-order chi connectivity index (χ1) is 64.3. The van der Waals surface area contributed by atoms with Crippen LogP contribution in [0.1, 0.15) is 253 Å². The second kappa shape index (κ2) is 91.4. The van der Waals surface area contributed by atoms with Crippen molar-refractivity contribution in [2.24, 2.45) is 37.6 Å². The van der Waals surface area contributed by atoms with E-state index in [-0.39, 0.29) is 143 Å². The number of benzene rings is 3. The summed E-state index contributed by atoms with van der Waals surface area (Å²) in [6.07, 6.45) is 2.87. The molecule has 0 bridgehead atoms. The Hall–Kier alpha value is -1.21. The number of nitrogens with one attached hydrogen (secondary N) is 3. The van der Waals surface area contributed by atoms with Crippen molar-refractivity contribution in [3.05, 3.63) is 109 Å². The van der Waals surface area contributed by atoms with Crippen molar-refractivity contribution in [3.63, 3.8) is 0 Å². The number of rotatable bonds is 38. The normalized spacial score (nSPS) is 12.7. The van der Waals surface area contributed by atoms with Crippen LogP contribution in [0.4, 0.5) is 9.59 Å². The van der Waals surface area contributed by atoms with Crippen LogP contribution in [0.25, 0.3) is 0 Å². The SMILES string of the molecule is CC(C)(C)SN.CC(C)(CP(=O)(O)O)NC(=O)OCc1ccccc1.CC(C)(CP(=O)(O)O)NC(=O)OCc1ccccc1.CC(C)(N)CO.CC(C)=NSC(C)(C)C.CC1(C)CC1.CCOC(=O)C(C)OP(=O)(CC(C)(C)N)Oc1ccccc1.CO.COP(=O)(CC(C)(C)C)OC.COP(=O)(CC(C)(C)N)OC.COP(=O)(CC(C)(C)NSC(C)(C)C)OC.COP(C)(=O)OC.CO[P+](=O)OC.Cl.O.O.O.[CH2-]CCC.[H-].[Li+].[Na+]. The first-order valence-corrected chi connectivity index (χ1v) is 61.2. The van der Waals surface area contributed by atoms with Gasteiger partial charge in [0.25, 0.3) is 0 Å². The van der Waals surface area contributed by atoms with E-state index in [1.54, 1.807) is 96.6 Å². The van der Waals surface area contributed by atoms with Gasteiger partial charge in [0, 0.05) is 128 Å². The van der Waals surface area contributed by atoms with Gasteiger partial charge in [-0.05, 0) is 232 Å². The number of alkyl carbamates (subject to hydrolysis) is 2. The van der Waals surface area contributed by atoms with Crippen molar-refractivity contribution in [2.45, 2.75) is 307 Å². The van der Waals surface area contributed by atoms with E-state index in [4.69, 9.17) is 103 Å². The molecule has 2 amide bonds. The minimum atomic E-state index is -4.19. The molecule has 0 spiro atoms. The van der Waals surface area contributed by atoms with E-state index in [0.29, 0.717) is 18.1 Å². The Morgan fingerprint density at radius 3 is 0.980 bits per heavy atom. The van der Waals surface area contributed by atoms with Gasteiger partial charge < -0.3 is 137 Å². The smallest absolute Gasteiger partial charge is 1.00 e. The number of carbonyl (C=O) groups excluding carboxylic acids is 3. The average molecular weight is 2390 g/mol. The molecule has 2 unspecified atom stereocenters. The van der Waals surface area contributed by atoms with E-state index >= 15 is 0 Å². The standard InChI is InChI=1S/C15H24NO5P.2C12H18NO5P.C10H24NO3PS.C7H15NS.C7H17O3P.C6H16NO3P.C5H10.C4H11NO.C4H11NS.C4H9.C3H9O3P.C2H6O3P.CH4O.ClH.Li.Na.3H2O.H/c1-5-19-14(17)12(2)20-22(18,11-15(3,4)16)21-13-9-7-6-8-10-13;2*1-12(2,9-19(15,16)17)13-11(14)18-8-10-6-4-3-5-7-10;1-9(2,3)16-11-10(4,5)8-15(12,13-6)14-7;1-6(2)8-9-7(3,4)5;1-7(2,3)6-11(8,9-4)10-5;1-6(2,7)5-11(8,9-3)10-4;1-5(2)3-4-5;1-4(2,5)3-6;1-4(2,3)6-5;1-3-4-2;1-5-7(3,4)6-2;1-4-6(3)5-2;1-2;;;;;;;/h6-10,12H,5,11,16H2,1-4H3;2*3-7H,8-9H2,1-2H3,(H,13,14)(H2,15,16,17);11H,8H2,1-7H3;1-5H3;6H2,1-5H3;5,7H2,1-4H3;3-4H2,1-2H3;6H,3,5H2,1-2H3;5H2,1-3H3;1,3-4H2,2H3;1-3H3;1-2H3;2H,1H3;1H;;;3*1H2;/q;;;;;;;;;;-1;;+1;;;2*+1;;;;-1. The van der Waals surface area contributed by atoms with Crippen molar-refractivity contribution >= 4 is 134 Å². The first kappa shape index (κ1) is 183. The summed E-state index contributed by atoms with van der Waals surface area (Å²) in [4.78, 5) is 70.3. The molecule has 1 saturated carbocycles. The number of aliphatic hydroxyl groups is 2. The maximum atomic E-state index is 13.0. The van der Waals surface area contributed by atoms with Gasteiger partial charge in [-0.1, -0.05) is 151 Å². The third-order valence-electron chi connectivity index (χ3n) is 15.0. The van der Waals surface area contributed by atoms with Gasteiger partial charge in [-0.25, -0.2) is 23.3 Å². The number of hydrogen-bond donors (Lipinski definition) is 13. The van der Waals surface area contributed by atoms with Gasteiger partial charge in [0.15, 0.2) is 6.10 Å². The number of carbonyl (C=O) groups is 3. The van der Waals surface area contributed by atoms with Gasteiger partial charge in [0.1, 0.15) is 19.0 Å². The van der Waals surface area contributed by atoms with Crippen molar-refractivity contribution in [2.75, 3.05) is 135 Å². The zero-order valence-electron chi connectivity index (χ0n) is 99.1. The second-order valence-electron chi connectivity index (χ2n) is 40.5. The number of unbranched alkanes of at least 4 members (excludes halogenated alkanes) is 1. The van der Waals surface area contributed by atoms with Crippen LogP contribution in [0, 0.1) is 17.8 Å². The predicted octanol–water partition coefficient (Wildman–Crippen LogP) is 14.9. The molecule has 4 rings (SSSR count). The molecule has 1 aliphatic carbocycles. The molecule has 0 saturated heterocycles. The summed E-state index contributed by atoms with van der Waals surface area (Å²) in [6, 6.07) is 26.9. The summed E-state index contributed by atoms with van der Waals surface area (Å²) in [5.41, 5.74) is 16.3. The van der Waals surface area contributed by atoms with E-state index in [2.05, 4.69) is 128 Å².